The number of benzene rings is 2. The van der Waals surface area contributed by atoms with E-state index in [-0.39, 0.29) is 11.9 Å². The van der Waals surface area contributed by atoms with E-state index in [1.54, 1.807) is 6.07 Å². The Morgan fingerprint density at radius 1 is 1.10 bits per heavy atom. The van der Waals surface area contributed by atoms with Crippen LogP contribution in [0.25, 0.3) is 0 Å². The second-order valence-corrected chi connectivity index (χ2v) is 5.33. The molecule has 0 fully saturated rings. The fourth-order valence-corrected chi connectivity index (χ4v) is 2.16. The standard InChI is InChI=1S/C18H22FNO/c1-14(2)21-17-8-5-6-15(12-17)13-20-11-10-16-7-3-4-9-18(16)19/h3-9,12,14,20H,10-11,13H2,1-2H3. The molecule has 0 aliphatic carbocycles. The quantitative estimate of drug-likeness (QED) is 0.779. The van der Waals surface area contributed by atoms with Crippen molar-refractivity contribution < 1.29 is 9.13 Å². The lowest BCUT2D eigenvalue weighted by molar-refractivity contribution is 0.242. The topological polar surface area (TPSA) is 21.3 Å². The van der Waals surface area contributed by atoms with Gasteiger partial charge in [0.15, 0.2) is 0 Å². The van der Waals surface area contributed by atoms with Crippen LogP contribution < -0.4 is 10.1 Å². The normalized spacial score (nSPS) is 10.9. The molecule has 3 heteroatoms. The first-order valence-electron chi connectivity index (χ1n) is 7.35. The van der Waals surface area contributed by atoms with Crippen molar-refractivity contribution >= 4 is 0 Å². The third-order valence-corrected chi connectivity index (χ3v) is 3.13. The minimum atomic E-state index is -0.133. The summed E-state index contributed by atoms with van der Waals surface area (Å²) in [4.78, 5) is 0. The molecule has 2 rings (SSSR count). The van der Waals surface area contributed by atoms with E-state index in [1.165, 1.54) is 11.6 Å². The highest BCUT2D eigenvalue weighted by molar-refractivity contribution is 5.28. The van der Waals surface area contributed by atoms with Crippen LogP contribution >= 0.6 is 0 Å². The summed E-state index contributed by atoms with van der Waals surface area (Å²) < 4.78 is 19.1. The van der Waals surface area contributed by atoms with E-state index in [9.17, 15) is 4.39 Å². The Bertz CT molecular complexity index is 569. The summed E-state index contributed by atoms with van der Waals surface area (Å²) in [5.41, 5.74) is 1.92. The number of hydrogen-bond donors (Lipinski definition) is 1. The second kappa shape index (κ2) is 7.79. The average molecular weight is 287 g/mol. The second-order valence-electron chi connectivity index (χ2n) is 5.33. The van der Waals surface area contributed by atoms with Crippen LogP contribution in [0.3, 0.4) is 0 Å². The molecule has 21 heavy (non-hydrogen) atoms. The predicted molar refractivity (Wildman–Crippen MR) is 84.0 cm³/mol. The van der Waals surface area contributed by atoms with Gasteiger partial charge in [-0.25, -0.2) is 4.39 Å². The van der Waals surface area contributed by atoms with Gasteiger partial charge in [0.2, 0.25) is 0 Å². The number of hydrogen-bond acceptors (Lipinski definition) is 2. The van der Waals surface area contributed by atoms with Crippen molar-refractivity contribution in [3.63, 3.8) is 0 Å². The maximum absolute atomic E-state index is 13.5. The van der Waals surface area contributed by atoms with Crippen LogP contribution in [0.15, 0.2) is 48.5 Å². The van der Waals surface area contributed by atoms with Gasteiger partial charge in [0.25, 0.3) is 0 Å². The first-order chi connectivity index (χ1) is 10.1. The highest BCUT2D eigenvalue weighted by Gasteiger charge is 2.01. The SMILES string of the molecule is CC(C)Oc1cccc(CNCCc2ccccc2F)c1. The molecule has 2 aromatic rings. The van der Waals surface area contributed by atoms with Crippen molar-refractivity contribution in [2.45, 2.75) is 32.9 Å². The molecule has 0 spiro atoms. The average Bonchev–Trinajstić information content (AvgIpc) is 2.45. The largest absolute Gasteiger partial charge is 0.491 e. The van der Waals surface area contributed by atoms with Gasteiger partial charge in [-0.15, -0.1) is 0 Å². The maximum Gasteiger partial charge on any atom is 0.126 e. The maximum atomic E-state index is 13.5. The van der Waals surface area contributed by atoms with Gasteiger partial charge < -0.3 is 10.1 Å². The Kier molecular flexibility index (Phi) is 5.76. The van der Waals surface area contributed by atoms with Crippen LogP contribution in [0.2, 0.25) is 0 Å². The number of halogens is 1. The molecule has 2 aromatic carbocycles. The summed E-state index contributed by atoms with van der Waals surface area (Å²) in [5, 5.41) is 3.34. The van der Waals surface area contributed by atoms with Gasteiger partial charge in [-0.2, -0.15) is 0 Å². The van der Waals surface area contributed by atoms with Crippen LogP contribution in [0.1, 0.15) is 25.0 Å². The molecule has 0 amide bonds. The van der Waals surface area contributed by atoms with Crippen LogP contribution in [0, 0.1) is 5.82 Å². The Morgan fingerprint density at radius 3 is 2.67 bits per heavy atom. The molecule has 2 nitrogen and oxygen atoms in total. The highest BCUT2D eigenvalue weighted by atomic mass is 19.1. The third-order valence-electron chi connectivity index (χ3n) is 3.13. The van der Waals surface area contributed by atoms with Crippen molar-refractivity contribution in [1.82, 2.24) is 5.32 Å². The lowest BCUT2D eigenvalue weighted by atomic mass is 10.1. The Balaban J connectivity index is 1.80. The molecule has 112 valence electrons. The van der Waals surface area contributed by atoms with Gasteiger partial charge in [0.1, 0.15) is 11.6 Å². The number of rotatable bonds is 7. The molecule has 0 bridgehead atoms. The summed E-state index contributed by atoms with van der Waals surface area (Å²) in [6.45, 7) is 5.53. The molecule has 0 aromatic heterocycles. The molecule has 0 heterocycles. The number of ether oxygens (including phenoxy) is 1. The first-order valence-corrected chi connectivity index (χ1v) is 7.35. The van der Waals surface area contributed by atoms with Crippen LogP contribution in [-0.2, 0) is 13.0 Å². The lowest BCUT2D eigenvalue weighted by Gasteiger charge is -2.11. The lowest BCUT2D eigenvalue weighted by Crippen LogP contribution is -2.17. The minimum absolute atomic E-state index is 0.133. The van der Waals surface area contributed by atoms with E-state index in [0.29, 0.717) is 6.42 Å². The molecule has 0 aliphatic rings. The van der Waals surface area contributed by atoms with Crippen molar-refractivity contribution in [3.8, 4) is 5.75 Å². The van der Waals surface area contributed by atoms with Gasteiger partial charge >= 0.3 is 0 Å². The Labute approximate surface area is 126 Å². The van der Waals surface area contributed by atoms with Crippen LogP contribution in [0.5, 0.6) is 5.75 Å². The fourth-order valence-electron chi connectivity index (χ4n) is 2.16. The zero-order valence-electron chi connectivity index (χ0n) is 12.6. The molecule has 0 saturated heterocycles. The Hall–Kier alpha value is -1.87. The van der Waals surface area contributed by atoms with Crippen molar-refractivity contribution in [1.29, 1.82) is 0 Å². The summed E-state index contributed by atoms with van der Waals surface area (Å²) in [5.74, 6) is 0.755. The molecule has 0 aliphatic heterocycles. The minimum Gasteiger partial charge on any atom is -0.491 e. The molecule has 1 N–H and O–H groups in total. The van der Waals surface area contributed by atoms with Crippen molar-refractivity contribution in [2.24, 2.45) is 0 Å². The van der Waals surface area contributed by atoms with E-state index in [4.69, 9.17) is 4.74 Å². The van der Waals surface area contributed by atoms with E-state index >= 15 is 0 Å². The molecular formula is C18H22FNO. The highest BCUT2D eigenvalue weighted by Crippen LogP contribution is 2.14. The summed E-state index contributed by atoms with van der Waals surface area (Å²) in [6.07, 6.45) is 0.865. The van der Waals surface area contributed by atoms with Crippen molar-refractivity contribution in [2.75, 3.05) is 6.54 Å². The number of nitrogens with one attached hydrogen (secondary N) is 1. The zero-order valence-corrected chi connectivity index (χ0v) is 12.6. The third kappa shape index (κ3) is 5.20. The summed E-state index contributed by atoms with van der Waals surface area (Å²) >= 11 is 0. The van der Waals surface area contributed by atoms with E-state index in [0.717, 1.165) is 24.4 Å². The zero-order chi connectivity index (χ0) is 15.1. The molecule has 0 saturated carbocycles. The monoisotopic (exact) mass is 287 g/mol. The van der Waals surface area contributed by atoms with E-state index < -0.39 is 0 Å². The smallest absolute Gasteiger partial charge is 0.126 e. The first kappa shape index (κ1) is 15.5. The van der Waals surface area contributed by atoms with Crippen LogP contribution in [0.4, 0.5) is 4.39 Å². The van der Waals surface area contributed by atoms with Gasteiger partial charge in [0, 0.05) is 6.54 Å². The van der Waals surface area contributed by atoms with Crippen molar-refractivity contribution in [3.05, 3.63) is 65.5 Å². The Morgan fingerprint density at radius 2 is 1.90 bits per heavy atom. The fraction of sp³-hybridized carbons (Fsp3) is 0.333. The molecule has 0 atom stereocenters. The van der Waals surface area contributed by atoms with Gasteiger partial charge in [-0.3, -0.25) is 0 Å². The van der Waals surface area contributed by atoms with Gasteiger partial charge in [-0.05, 0) is 56.1 Å². The predicted octanol–water partition coefficient (Wildman–Crippen LogP) is 3.95. The van der Waals surface area contributed by atoms with Crippen LogP contribution in [-0.4, -0.2) is 12.6 Å². The summed E-state index contributed by atoms with van der Waals surface area (Å²) in [7, 11) is 0. The molecule has 0 radical (unpaired) electrons. The summed E-state index contributed by atoms with van der Waals surface area (Å²) in [6, 6.07) is 15.0. The van der Waals surface area contributed by atoms with Gasteiger partial charge in [-0.1, -0.05) is 30.3 Å². The van der Waals surface area contributed by atoms with E-state index in [2.05, 4.69) is 11.4 Å². The van der Waals surface area contributed by atoms with Gasteiger partial charge in [0.05, 0.1) is 6.10 Å². The molecular weight excluding hydrogens is 265 g/mol. The molecule has 0 unspecified atom stereocenters. The van der Waals surface area contributed by atoms with E-state index in [1.807, 2.05) is 44.2 Å².